The van der Waals surface area contributed by atoms with E-state index in [1.807, 2.05) is 23.3 Å². The van der Waals surface area contributed by atoms with Crippen molar-refractivity contribution in [3.05, 3.63) is 23.7 Å². The minimum absolute atomic E-state index is 0.449. The number of hydrogen-bond donors (Lipinski definition) is 1. The lowest BCUT2D eigenvalue weighted by Crippen LogP contribution is -2.12. The van der Waals surface area contributed by atoms with Crippen molar-refractivity contribution in [3.63, 3.8) is 0 Å². The molecule has 1 aliphatic heterocycles. The third-order valence-electron chi connectivity index (χ3n) is 3.03. The van der Waals surface area contributed by atoms with Gasteiger partial charge in [-0.2, -0.15) is 0 Å². The summed E-state index contributed by atoms with van der Waals surface area (Å²) in [6.07, 6.45) is 0. The van der Waals surface area contributed by atoms with Crippen LogP contribution in [0.2, 0.25) is 0 Å². The zero-order valence-corrected chi connectivity index (χ0v) is 12.0. The topological polar surface area (TPSA) is 37.3 Å². The van der Waals surface area contributed by atoms with E-state index >= 15 is 0 Å². The molecule has 1 atom stereocenters. The Morgan fingerprint density at radius 2 is 2.28 bits per heavy atom. The number of aromatic nitrogens is 1. The Hall–Kier alpha value is -1.07. The number of thioether (sulfide) groups is 1. The minimum Gasteiger partial charge on any atom is -0.335 e. The fourth-order valence-electron chi connectivity index (χ4n) is 1.86. The van der Waals surface area contributed by atoms with Crippen LogP contribution in [-0.4, -0.2) is 21.9 Å². The summed E-state index contributed by atoms with van der Waals surface area (Å²) in [5.41, 5.74) is 4.04. The summed E-state index contributed by atoms with van der Waals surface area (Å²) in [7, 11) is 0. The van der Waals surface area contributed by atoms with E-state index < -0.39 is 0 Å². The summed E-state index contributed by atoms with van der Waals surface area (Å²) < 4.78 is 1.21. The lowest BCUT2D eigenvalue weighted by molar-refractivity contribution is 0.543. The van der Waals surface area contributed by atoms with Gasteiger partial charge < -0.3 is 5.32 Å². The first-order valence-electron chi connectivity index (χ1n) is 6.03. The number of anilines is 1. The van der Waals surface area contributed by atoms with E-state index in [-0.39, 0.29) is 0 Å². The smallest absolute Gasteiger partial charge is 0.161 e. The molecule has 1 aromatic carbocycles. The van der Waals surface area contributed by atoms with Gasteiger partial charge in [-0.05, 0) is 24.1 Å². The van der Waals surface area contributed by atoms with Gasteiger partial charge in [0.1, 0.15) is 0 Å². The first kappa shape index (κ1) is 12.0. The molecule has 0 radical (unpaired) electrons. The zero-order chi connectivity index (χ0) is 12.5. The van der Waals surface area contributed by atoms with E-state index in [0.717, 1.165) is 22.1 Å². The first-order valence-corrected chi connectivity index (χ1v) is 7.90. The van der Waals surface area contributed by atoms with Gasteiger partial charge >= 0.3 is 0 Å². The molecule has 1 aliphatic rings. The van der Waals surface area contributed by atoms with Gasteiger partial charge in [0, 0.05) is 11.4 Å². The predicted octanol–water partition coefficient (Wildman–Crippen LogP) is 3.84. The quantitative estimate of drug-likeness (QED) is 0.906. The van der Waals surface area contributed by atoms with Crippen molar-refractivity contribution in [2.45, 2.75) is 19.9 Å². The molecule has 0 saturated carbocycles. The summed E-state index contributed by atoms with van der Waals surface area (Å²) in [5.74, 6) is 1.70. The first-order chi connectivity index (χ1) is 8.72. The summed E-state index contributed by atoms with van der Waals surface area (Å²) in [6, 6.07) is 6.70. The van der Waals surface area contributed by atoms with Crippen molar-refractivity contribution in [2.75, 3.05) is 11.1 Å². The van der Waals surface area contributed by atoms with Crippen LogP contribution in [0.4, 0.5) is 5.69 Å². The third-order valence-corrected chi connectivity index (χ3v) is 4.81. The van der Waals surface area contributed by atoms with Crippen LogP contribution in [0.1, 0.15) is 13.8 Å². The number of nitrogens with zero attached hydrogens (tertiary/aromatic N) is 2. The van der Waals surface area contributed by atoms with Gasteiger partial charge in [-0.3, -0.25) is 4.99 Å². The molecule has 0 fully saturated rings. The number of rotatable bonds is 2. The van der Waals surface area contributed by atoms with Crippen LogP contribution in [0.15, 0.2) is 28.7 Å². The maximum absolute atomic E-state index is 4.71. The van der Waals surface area contributed by atoms with Gasteiger partial charge in [0.15, 0.2) is 5.17 Å². The van der Waals surface area contributed by atoms with Crippen molar-refractivity contribution >= 4 is 44.2 Å². The molecule has 1 unspecified atom stereocenters. The highest BCUT2D eigenvalue weighted by molar-refractivity contribution is 8.14. The van der Waals surface area contributed by atoms with Gasteiger partial charge in [0.2, 0.25) is 0 Å². The van der Waals surface area contributed by atoms with Gasteiger partial charge in [-0.15, -0.1) is 11.3 Å². The molecule has 0 bridgehead atoms. The monoisotopic (exact) mass is 277 g/mol. The maximum Gasteiger partial charge on any atom is 0.161 e. The second kappa shape index (κ2) is 4.90. The van der Waals surface area contributed by atoms with Gasteiger partial charge in [0.25, 0.3) is 0 Å². The molecule has 5 heteroatoms. The van der Waals surface area contributed by atoms with Crippen molar-refractivity contribution in [1.29, 1.82) is 0 Å². The Bertz CT molecular complexity index is 589. The van der Waals surface area contributed by atoms with E-state index in [1.165, 1.54) is 4.70 Å². The Kier molecular flexibility index (Phi) is 3.26. The number of nitrogens with one attached hydrogen (secondary N) is 1. The van der Waals surface area contributed by atoms with E-state index in [9.17, 15) is 0 Å². The maximum atomic E-state index is 4.71. The molecular formula is C13H15N3S2. The number of hydrogen-bond acceptors (Lipinski definition) is 5. The Morgan fingerprint density at radius 3 is 3.06 bits per heavy atom. The molecule has 2 aromatic rings. The van der Waals surface area contributed by atoms with Crippen LogP contribution in [-0.2, 0) is 0 Å². The summed E-state index contributed by atoms with van der Waals surface area (Å²) >= 11 is 3.47. The Balaban J connectivity index is 1.78. The lowest BCUT2D eigenvalue weighted by Gasteiger charge is -2.08. The van der Waals surface area contributed by atoms with Crippen LogP contribution in [0.5, 0.6) is 0 Å². The molecule has 18 heavy (non-hydrogen) atoms. The molecule has 0 spiro atoms. The van der Waals surface area contributed by atoms with Gasteiger partial charge in [-0.25, -0.2) is 4.98 Å². The second-order valence-electron chi connectivity index (χ2n) is 4.72. The molecule has 1 aromatic heterocycles. The molecule has 2 heterocycles. The average molecular weight is 277 g/mol. The van der Waals surface area contributed by atoms with Crippen molar-refractivity contribution < 1.29 is 0 Å². The van der Waals surface area contributed by atoms with Crippen LogP contribution in [0, 0.1) is 5.92 Å². The largest absolute Gasteiger partial charge is 0.335 e. The highest BCUT2D eigenvalue weighted by Gasteiger charge is 2.21. The second-order valence-corrected chi connectivity index (χ2v) is 6.61. The number of amidine groups is 1. The van der Waals surface area contributed by atoms with Crippen LogP contribution < -0.4 is 5.32 Å². The highest BCUT2D eigenvalue weighted by atomic mass is 32.2. The van der Waals surface area contributed by atoms with Crippen LogP contribution in [0.25, 0.3) is 10.2 Å². The zero-order valence-electron chi connectivity index (χ0n) is 10.4. The molecule has 1 N–H and O–H groups in total. The van der Waals surface area contributed by atoms with Crippen molar-refractivity contribution in [1.82, 2.24) is 4.98 Å². The molecular weight excluding hydrogens is 262 g/mol. The molecule has 0 saturated heterocycles. The minimum atomic E-state index is 0.449. The molecule has 0 aliphatic carbocycles. The Morgan fingerprint density at radius 1 is 1.39 bits per heavy atom. The lowest BCUT2D eigenvalue weighted by atomic mass is 10.1. The molecule has 3 nitrogen and oxygen atoms in total. The SMILES string of the molecule is CC(C)C1CSC(Nc2ccc3ncsc3c2)=N1. The number of fused-ring (bicyclic) bond motifs is 1. The molecule has 3 rings (SSSR count). The fraction of sp³-hybridized carbons (Fsp3) is 0.385. The molecule has 94 valence electrons. The van der Waals surface area contributed by atoms with E-state index in [0.29, 0.717) is 12.0 Å². The number of thiazole rings is 1. The Labute approximate surface area is 115 Å². The number of benzene rings is 1. The summed E-state index contributed by atoms with van der Waals surface area (Å²) in [4.78, 5) is 8.99. The average Bonchev–Trinajstić information content (AvgIpc) is 2.96. The van der Waals surface area contributed by atoms with E-state index in [2.05, 4.69) is 36.3 Å². The molecule has 0 amide bonds. The van der Waals surface area contributed by atoms with E-state index in [4.69, 9.17) is 4.99 Å². The summed E-state index contributed by atoms with van der Waals surface area (Å²) in [6.45, 7) is 4.45. The van der Waals surface area contributed by atoms with Crippen LogP contribution >= 0.6 is 23.1 Å². The van der Waals surface area contributed by atoms with Gasteiger partial charge in [-0.1, -0.05) is 25.6 Å². The predicted molar refractivity (Wildman–Crippen MR) is 81.8 cm³/mol. The van der Waals surface area contributed by atoms with Crippen molar-refractivity contribution in [3.8, 4) is 0 Å². The fourth-order valence-corrected chi connectivity index (χ4v) is 3.76. The van der Waals surface area contributed by atoms with Crippen molar-refractivity contribution in [2.24, 2.45) is 10.9 Å². The van der Waals surface area contributed by atoms with Crippen LogP contribution in [0.3, 0.4) is 0 Å². The standard InChI is InChI=1S/C13H15N3S2/c1-8(2)11-6-17-13(16-11)15-9-3-4-10-12(5-9)18-7-14-10/h3-5,7-8,11H,6H2,1-2H3,(H,15,16). The normalized spacial score (nSPS) is 19.5. The highest BCUT2D eigenvalue weighted by Crippen LogP contribution is 2.26. The third kappa shape index (κ3) is 2.37. The van der Waals surface area contributed by atoms with E-state index in [1.54, 1.807) is 11.3 Å². The van der Waals surface area contributed by atoms with Gasteiger partial charge in [0.05, 0.1) is 21.8 Å². The number of aliphatic imine (C=N–C) groups is 1. The summed E-state index contributed by atoms with van der Waals surface area (Å²) in [5, 5.41) is 4.44.